The maximum Gasteiger partial charge on any atom is 0.271 e. The minimum absolute atomic E-state index is 0.333. The van der Waals surface area contributed by atoms with Crippen LogP contribution in [0.1, 0.15) is 27.0 Å². The number of rotatable bonds is 6. The normalized spacial score (nSPS) is 11.0. The summed E-state index contributed by atoms with van der Waals surface area (Å²) in [5, 5.41) is 5.21. The lowest BCUT2D eigenvalue weighted by molar-refractivity contribution is 0.0955. The van der Waals surface area contributed by atoms with Crippen LogP contribution in [0.5, 0.6) is 5.75 Å². The van der Waals surface area contributed by atoms with Crippen LogP contribution in [0.15, 0.2) is 68.6 Å². The van der Waals surface area contributed by atoms with Gasteiger partial charge in [-0.1, -0.05) is 47.5 Å². The first-order valence-corrected chi connectivity index (χ1v) is 11.1. The third-order valence-electron chi connectivity index (χ3n) is 4.16. The molecule has 0 aliphatic carbocycles. The van der Waals surface area contributed by atoms with Crippen LogP contribution in [0.2, 0.25) is 10.0 Å². The van der Waals surface area contributed by atoms with Gasteiger partial charge in [0.15, 0.2) is 0 Å². The molecule has 0 aliphatic heterocycles. The number of aryl methyl sites for hydroxylation is 1. The van der Waals surface area contributed by atoms with Crippen molar-refractivity contribution in [3.8, 4) is 5.75 Å². The minimum Gasteiger partial charge on any atom is -0.486 e. The lowest BCUT2D eigenvalue weighted by Gasteiger charge is -2.12. The van der Waals surface area contributed by atoms with Crippen molar-refractivity contribution in [1.82, 2.24) is 5.43 Å². The van der Waals surface area contributed by atoms with Gasteiger partial charge in [-0.05, 0) is 80.2 Å². The third kappa shape index (κ3) is 5.85. The van der Waals surface area contributed by atoms with E-state index in [1.165, 1.54) is 0 Å². The molecule has 0 aromatic heterocycles. The number of hydrazone groups is 1. The smallest absolute Gasteiger partial charge is 0.271 e. The molecule has 30 heavy (non-hydrogen) atoms. The summed E-state index contributed by atoms with van der Waals surface area (Å²) in [6, 6.07) is 16.3. The molecule has 0 bridgehead atoms. The summed E-state index contributed by atoms with van der Waals surface area (Å²) in [6.07, 6.45) is 1.54. The molecule has 0 radical (unpaired) electrons. The predicted molar refractivity (Wildman–Crippen MR) is 129 cm³/mol. The Morgan fingerprint density at radius 3 is 2.43 bits per heavy atom. The first-order valence-electron chi connectivity index (χ1n) is 8.80. The van der Waals surface area contributed by atoms with Gasteiger partial charge in [0.25, 0.3) is 5.91 Å². The molecule has 3 rings (SSSR count). The lowest BCUT2D eigenvalue weighted by Crippen LogP contribution is -2.17. The summed E-state index contributed by atoms with van der Waals surface area (Å²) >= 11 is 19.3. The minimum atomic E-state index is -0.342. The van der Waals surface area contributed by atoms with E-state index >= 15 is 0 Å². The number of benzene rings is 3. The average Bonchev–Trinajstić information content (AvgIpc) is 2.70. The van der Waals surface area contributed by atoms with Gasteiger partial charge in [-0.2, -0.15) is 5.10 Å². The zero-order chi connectivity index (χ0) is 21.7. The van der Waals surface area contributed by atoms with E-state index < -0.39 is 0 Å². The summed E-state index contributed by atoms with van der Waals surface area (Å²) in [5.41, 5.74) is 5.50. The van der Waals surface area contributed by atoms with E-state index in [2.05, 4.69) is 42.4 Å². The lowest BCUT2D eigenvalue weighted by atomic mass is 10.1. The van der Waals surface area contributed by atoms with Crippen LogP contribution in [0.25, 0.3) is 0 Å². The van der Waals surface area contributed by atoms with Gasteiger partial charge in [0.05, 0.1) is 15.2 Å². The Kier molecular flexibility index (Phi) is 7.94. The number of halogens is 4. The van der Waals surface area contributed by atoms with Crippen molar-refractivity contribution in [2.24, 2.45) is 5.10 Å². The van der Waals surface area contributed by atoms with Crippen LogP contribution in [0.4, 0.5) is 0 Å². The van der Waals surface area contributed by atoms with Gasteiger partial charge in [-0.25, -0.2) is 5.43 Å². The molecule has 1 amide bonds. The monoisotopic (exact) mass is 568 g/mol. The van der Waals surface area contributed by atoms with E-state index in [1.54, 1.807) is 24.4 Å². The van der Waals surface area contributed by atoms with E-state index in [0.717, 1.165) is 25.6 Å². The molecule has 0 aliphatic rings. The van der Waals surface area contributed by atoms with Gasteiger partial charge in [0.2, 0.25) is 0 Å². The quantitative estimate of drug-likeness (QED) is 0.252. The second-order valence-electron chi connectivity index (χ2n) is 6.36. The molecule has 0 fully saturated rings. The van der Waals surface area contributed by atoms with Crippen molar-refractivity contribution in [2.45, 2.75) is 13.5 Å². The van der Waals surface area contributed by atoms with Gasteiger partial charge in [0, 0.05) is 21.2 Å². The molecule has 154 valence electrons. The maximum absolute atomic E-state index is 12.2. The van der Waals surface area contributed by atoms with E-state index in [-0.39, 0.29) is 5.91 Å². The highest BCUT2D eigenvalue weighted by Gasteiger charge is 2.10. The van der Waals surface area contributed by atoms with Crippen molar-refractivity contribution in [1.29, 1.82) is 0 Å². The molecule has 4 nitrogen and oxygen atoms in total. The van der Waals surface area contributed by atoms with Crippen molar-refractivity contribution in [2.75, 3.05) is 0 Å². The van der Waals surface area contributed by atoms with Gasteiger partial charge >= 0.3 is 0 Å². The summed E-state index contributed by atoms with van der Waals surface area (Å²) in [7, 11) is 0. The Morgan fingerprint density at radius 1 is 1.07 bits per heavy atom. The molecular weight excluding hydrogens is 555 g/mol. The summed E-state index contributed by atoms with van der Waals surface area (Å²) in [5.74, 6) is 0.302. The molecule has 3 aromatic rings. The van der Waals surface area contributed by atoms with E-state index in [0.29, 0.717) is 28.0 Å². The zero-order valence-electron chi connectivity index (χ0n) is 15.8. The molecule has 0 saturated heterocycles. The number of nitrogens with one attached hydrogen (secondary N) is 1. The van der Waals surface area contributed by atoms with Crippen LogP contribution < -0.4 is 10.2 Å². The largest absolute Gasteiger partial charge is 0.486 e. The Balaban J connectivity index is 1.66. The van der Waals surface area contributed by atoms with Crippen LogP contribution in [-0.2, 0) is 6.61 Å². The second kappa shape index (κ2) is 10.4. The number of amides is 1. The molecule has 3 aromatic carbocycles. The third-order valence-corrected chi connectivity index (χ3v) is 6.12. The molecule has 0 spiro atoms. The van der Waals surface area contributed by atoms with Gasteiger partial charge < -0.3 is 4.74 Å². The zero-order valence-corrected chi connectivity index (χ0v) is 20.4. The first kappa shape index (κ1) is 22.8. The summed E-state index contributed by atoms with van der Waals surface area (Å²) in [6.45, 7) is 2.21. The number of ether oxygens (including phenoxy) is 1. The standard InChI is InChI=1S/C22H16Br2Cl2N2O2/c1-13-6-7-15(10-20(13)26)22(29)28-27-11-14-8-17(23)21(18(24)9-14)30-12-16-4-2-3-5-19(16)25/h2-11H,12H2,1H3,(H,28,29)/b27-11-. The molecule has 0 saturated carbocycles. The Labute approximate surface area is 201 Å². The van der Waals surface area contributed by atoms with Crippen molar-refractivity contribution < 1.29 is 9.53 Å². The average molecular weight is 571 g/mol. The highest BCUT2D eigenvalue weighted by atomic mass is 79.9. The van der Waals surface area contributed by atoms with E-state index in [9.17, 15) is 4.79 Å². The topological polar surface area (TPSA) is 50.7 Å². The first-order chi connectivity index (χ1) is 14.3. The summed E-state index contributed by atoms with van der Waals surface area (Å²) < 4.78 is 7.38. The second-order valence-corrected chi connectivity index (χ2v) is 8.88. The molecule has 0 heterocycles. The van der Waals surface area contributed by atoms with Crippen LogP contribution in [0.3, 0.4) is 0 Å². The molecule has 0 unspecified atom stereocenters. The molecule has 8 heteroatoms. The van der Waals surface area contributed by atoms with E-state index in [4.69, 9.17) is 27.9 Å². The Morgan fingerprint density at radius 2 is 1.77 bits per heavy atom. The van der Waals surface area contributed by atoms with Crippen molar-refractivity contribution in [3.05, 3.63) is 95.8 Å². The molecule has 0 atom stereocenters. The molecule has 1 N–H and O–H groups in total. The molecular formula is C22H16Br2Cl2N2O2. The number of hydrogen-bond acceptors (Lipinski definition) is 3. The van der Waals surface area contributed by atoms with Gasteiger partial charge in [0.1, 0.15) is 12.4 Å². The van der Waals surface area contributed by atoms with Gasteiger partial charge in [-0.3, -0.25) is 4.79 Å². The fourth-order valence-corrected chi connectivity index (χ4v) is 4.34. The van der Waals surface area contributed by atoms with Crippen LogP contribution in [-0.4, -0.2) is 12.1 Å². The van der Waals surface area contributed by atoms with Crippen molar-refractivity contribution in [3.63, 3.8) is 0 Å². The number of hydrogen-bond donors (Lipinski definition) is 1. The number of carbonyl (C=O) groups excluding carboxylic acids is 1. The Hall–Kier alpha value is -1.86. The number of carbonyl (C=O) groups is 1. The van der Waals surface area contributed by atoms with Crippen LogP contribution >= 0.6 is 55.1 Å². The predicted octanol–water partition coefficient (Wildman–Crippen LogP) is 7.17. The number of nitrogens with zero attached hydrogens (tertiary/aromatic N) is 1. The van der Waals surface area contributed by atoms with Crippen LogP contribution in [0, 0.1) is 6.92 Å². The highest BCUT2D eigenvalue weighted by Crippen LogP contribution is 2.35. The highest BCUT2D eigenvalue weighted by molar-refractivity contribution is 9.11. The van der Waals surface area contributed by atoms with Gasteiger partial charge in [-0.15, -0.1) is 0 Å². The fourth-order valence-electron chi connectivity index (χ4n) is 2.52. The van der Waals surface area contributed by atoms with E-state index in [1.807, 2.05) is 43.3 Å². The fraction of sp³-hybridized carbons (Fsp3) is 0.0909. The summed E-state index contributed by atoms with van der Waals surface area (Å²) in [4.78, 5) is 12.2. The maximum atomic E-state index is 12.2. The van der Waals surface area contributed by atoms with Crippen molar-refractivity contribution >= 4 is 67.2 Å². The SMILES string of the molecule is Cc1ccc(C(=O)N/N=C\c2cc(Br)c(OCc3ccccc3Cl)c(Br)c2)cc1Cl. The Bertz CT molecular complexity index is 1100.